The van der Waals surface area contributed by atoms with Gasteiger partial charge in [0.1, 0.15) is 11.9 Å². The summed E-state index contributed by atoms with van der Waals surface area (Å²) in [4.78, 5) is 4.24. The molecule has 0 spiro atoms. The van der Waals surface area contributed by atoms with E-state index in [9.17, 15) is 12.8 Å². The van der Waals surface area contributed by atoms with Gasteiger partial charge in [0.05, 0.1) is 0 Å². The number of rotatable bonds is 4. The van der Waals surface area contributed by atoms with Crippen molar-refractivity contribution in [2.45, 2.75) is 25.3 Å². The fourth-order valence-electron chi connectivity index (χ4n) is 2.55. The third kappa shape index (κ3) is 3.16. The molecular weight excluding hydrogens is 311 g/mol. The zero-order valence-electron chi connectivity index (χ0n) is 11.6. The molecule has 1 aliphatic rings. The SMILES string of the molecule is NS(=O)(=O)N1CCC[C@H]1c1nc(Cc2ccc(F)cc2)no1. The fraction of sp³-hybridized carbons (Fsp3) is 0.385. The van der Waals surface area contributed by atoms with E-state index < -0.39 is 16.3 Å². The van der Waals surface area contributed by atoms with Crippen LogP contribution < -0.4 is 5.14 Å². The lowest BCUT2D eigenvalue weighted by molar-refractivity contribution is 0.289. The van der Waals surface area contributed by atoms with Crippen molar-refractivity contribution in [1.82, 2.24) is 14.4 Å². The van der Waals surface area contributed by atoms with Crippen LogP contribution in [0, 0.1) is 5.82 Å². The van der Waals surface area contributed by atoms with Crippen molar-refractivity contribution in [3.05, 3.63) is 47.4 Å². The standard InChI is InChI=1S/C13H15FN4O3S/c14-10-5-3-9(4-6-10)8-12-16-13(21-17-12)11-2-1-7-18(11)22(15,19)20/h3-6,11H,1-2,7-8H2,(H2,15,19,20)/t11-/m0/s1. The minimum absolute atomic E-state index is 0.239. The highest BCUT2D eigenvalue weighted by atomic mass is 32.2. The molecule has 1 aliphatic heterocycles. The molecule has 0 radical (unpaired) electrons. The molecule has 9 heteroatoms. The Labute approximate surface area is 127 Å². The lowest BCUT2D eigenvalue weighted by atomic mass is 10.1. The third-order valence-corrected chi connectivity index (χ3v) is 4.67. The minimum Gasteiger partial charge on any atom is -0.338 e. The topological polar surface area (TPSA) is 102 Å². The number of halogens is 1. The Balaban J connectivity index is 1.77. The van der Waals surface area contributed by atoms with E-state index in [4.69, 9.17) is 9.66 Å². The highest BCUT2D eigenvalue weighted by molar-refractivity contribution is 7.86. The van der Waals surface area contributed by atoms with Crippen LogP contribution in [0.4, 0.5) is 4.39 Å². The van der Waals surface area contributed by atoms with Gasteiger partial charge in [-0.2, -0.15) is 17.7 Å². The number of hydrogen-bond acceptors (Lipinski definition) is 5. The minimum atomic E-state index is -3.79. The average molecular weight is 326 g/mol. The van der Waals surface area contributed by atoms with E-state index in [2.05, 4.69) is 10.1 Å². The summed E-state index contributed by atoms with van der Waals surface area (Å²) in [6.07, 6.45) is 1.66. The molecule has 3 rings (SSSR count). The monoisotopic (exact) mass is 326 g/mol. The molecule has 2 heterocycles. The van der Waals surface area contributed by atoms with Gasteiger partial charge in [-0.3, -0.25) is 0 Å². The molecule has 0 amide bonds. The summed E-state index contributed by atoms with van der Waals surface area (Å²) in [5.41, 5.74) is 0.837. The van der Waals surface area contributed by atoms with E-state index in [-0.39, 0.29) is 11.7 Å². The summed E-state index contributed by atoms with van der Waals surface area (Å²) >= 11 is 0. The largest absolute Gasteiger partial charge is 0.338 e. The summed E-state index contributed by atoms with van der Waals surface area (Å²) in [5, 5.41) is 9.04. The van der Waals surface area contributed by atoms with Crippen molar-refractivity contribution in [2.75, 3.05) is 6.54 Å². The molecule has 0 bridgehead atoms. The molecular formula is C13H15FN4O3S. The molecule has 0 unspecified atom stereocenters. The van der Waals surface area contributed by atoms with Gasteiger partial charge in [0, 0.05) is 13.0 Å². The maximum Gasteiger partial charge on any atom is 0.277 e. The van der Waals surface area contributed by atoms with E-state index in [1.807, 2.05) is 0 Å². The normalized spacial score (nSPS) is 19.6. The molecule has 22 heavy (non-hydrogen) atoms. The zero-order valence-corrected chi connectivity index (χ0v) is 12.5. The van der Waals surface area contributed by atoms with Crippen LogP contribution in [0.25, 0.3) is 0 Å². The molecule has 0 saturated carbocycles. The van der Waals surface area contributed by atoms with Crippen LogP contribution in [0.1, 0.15) is 36.2 Å². The van der Waals surface area contributed by atoms with Gasteiger partial charge in [0.15, 0.2) is 5.82 Å². The summed E-state index contributed by atoms with van der Waals surface area (Å²) < 4.78 is 42.3. The van der Waals surface area contributed by atoms with E-state index in [0.717, 1.165) is 5.56 Å². The second-order valence-corrected chi connectivity index (χ2v) is 6.66. The molecule has 1 saturated heterocycles. The van der Waals surface area contributed by atoms with Gasteiger partial charge < -0.3 is 4.52 Å². The maximum absolute atomic E-state index is 12.9. The highest BCUT2D eigenvalue weighted by Crippen LogP contribution is 2.32. The molecule has 1 aromatic carbocycles. The Morgan fingerprint density at radius 3 is 2.77 bits per heavy atom. The van der Waals surface area contributed by atoms with Crippen molar-refractivity contribution >= 4 is 10.2 Å². The fourth-order valence-corrected chi connectivity index (χ4v) is 3.48. The maximum atomic E-state index is 12.9. The molecule has 2 N–H and O–H groups in total. The Bertz CT molecular complexity index is 760. The van der Waals surface area contributed by atoms with Gasteiger partial charge >= 0.3 is 0 Å². The van der Waals surface area contributed by atoms with Crippen LogP contribution in [-0.2, 0) is 16.6 Å². The Morgan fingerprint density at radius 1 is 1.36 bits per heavy atom. The zero-order chi connectivity index (χ0) is 15.7. The summed E-state index contributed by atoms with van der Waals surface area (Å²) in [6.45, 7) is 0.346. The Hall–Kier alpha value is -1.84. The van der Waals surface area contributed by atoms with Gasteiger partial charge in [0.25, 0.3) is 10.2 Å². The van der Waals surface area contributed by atoms with Crippen LogP contribution in [0.3, 0.4) is 0 Å². The van der Waals surface area contributed by atoms with Crippen molar-refractivity contribution in [2.24, 2.45) is 5.14 Å². The van der Waals surface area contributed by atoms with Crippen LogP contribution >= 0.6 is 0 Å². The van der Waals surface area contributed by atoms with E-state index in [1.165, 1.54) is 16.4 Å². The van der Waals surface area contributed by atoms with Gasteiger partial charge in [-0.1, -0.05) is 17.3 Å². The first kappa shape index (κ1) is 15.1. The summed E-state index contributed by atoms with van der Waals surface area (Å²) in [7, 11) is -3.79. The second-order valence-electron chi connectivity index (χ2n) is 5.17. The number of nitrogens with zero attached hydrogens (tertiary/aromatic N) is 3. The van der Waals surface area contributed by atoms with Gasteiger partial charge in [0.2, 0.25) is 5.89 Å². The van der Waals surface area contributed by atoms with Crippen molar-refractivity contribution < 1.29 is 17.3 Å². The predicted octanol–water partition coefficient (Wildman–Crippen LogP) is 1.14. The first-order valence-corrected chi connectivity index (χ1v) is 8.30. The predicted molar refractivity (Wildman–Crippen MR) is 75.3 cm³/mol. The summed E-state index contributed by atoms with van der Waals surface area (Å²) in [5.74, 6) is 0.346. The lowest BCUT2D eigenvalue weighted by Gasteiger charge is -2.17. The average Bonchev–Trinajstić information content (AvgIpc) is 3.09. The van der Waals surface area contributed by atoms with Gasteiger partial charge in [-0.25, -0.2) is 9.53 Å². The first-order valence-electron chi connectivity index (χ1n) is 6.80. The van der Waals surface area contributed by atoms with Crippen LogP contribution in [0.5, 0.6) is 0 Å². The smallest absolute Gasteiger partial charge is 0.277 e. The summed E-state index contributed by atoms with van der Waals surface area (Å²) in [6, 6.07) is 5.48. The van der Waals surface area contributed by atoms with E-state index in [0.29, 0.717) is 31.6 Å². The second kappa shape index (κ2) is 5.75. The molecule has 7 nitrogen and oxygen atoms in total. The lowest BCUT2D eigenvalue weighted by Crippen LogP contribution is -2.36. The van der Waals surface area contributed by atoms with Crippen molar-refractivity contribution in [1.29, 1.82) is 0 Å². The van der Waals surface area contributed by atoms with Crippen molar-refractivity contribution in [3.8, 4) is 0 Å². The molecule has 0 aliphatic carbocycles. The van der Waals surface area contributed by atoms with Gasteiger partial charge in [-0.15, -0.1) is 0 Å². The number of nitrogens with two attached hydrogens (primary N) is 1. The number of hydrogen-bond donors (Lipinski definition) is 1. The van der Waals surface area contributed by atoms with Crippen molar-refractivity contribution in [3.63, 3.8) is 0 Å². The third-order valence-electron chi connectivity index (χ3n) is 3.57. The van der Waals surface area contributed by atoms with E-state index >= 15 is 0 Å². The van der Waals surface area contributed by atoms with Crippen LogP contribution in [0.15, 0.2) is 28.8 Å². The first-order chi connectivity index (χ1) is 10.4. The highest BCUT2D eigenvalue weighted by Gasteiger charge is 2.36. The quantitative estimate of drug-likeness (QED) is 0.907. The van der Waals surface area contributed by atoms with Gasteiger partial charge in [-0.05, 0) is 30.5 Å². The molecule has 1 atom stereocenters. The molecule has 1 aromatic heterocycles. The van der Waals surface area contributed by atoms with Crippen LogP contribution in [-0.4, -0.2) is 29.4 Å². The van der Waals surface area contributed by atoms with E-state index in [1.54, 1.807) is 12.1 Å². The van der Waals surface area contributed by atoms with Crippen LogP contribution in [0.2, 0.25) is 0 Å². The molecule has 118 valence electrons. The Kier molecular flexibility index (Phi) is 3.94. The molecule has 2 aromatic rings. The number of benzene rings is 1. The Morgan fingerprint density at radius 2 is 2.09 bits per heavy atom. The number of aromatic nitrogens is 2. The molecule has 1 fully saturated rings.